The van der Waals surface area contributed by atoms with Gasteiger partial charge < -0.3 is 14.5 Å². The Hall–Kier alpha value is -2.87. The van der Waals surface area contributed by atoms with Crippen molar-refractivity contribution in [2.75, 3.05) is 11.9 Å². The lowest BCUT2D eigenvalue weighted by molar-refractivity contribution is 0.0526. The molecule has 0 saturated carbocycles. The van der Waals surface area contributed by atoms with Gasteiger partial charge in [0.1, 0.15) is 5.76 Å². The van der Waals surface area contributed by atoms with Gasteiger partial charge in [-0.25, -0.2) is 4.79 Å². The van der Waals surface area contributed by atoms with Crippen LogP contribution in [-0.2, 0) is 4.74 Å². The van der Waals surface area contributed by atoms with Crippen molar-refractivity contribution in [2.24, 2.45) is 0 Å². The molecule has 3 rings (SSSR count). The number of anilines is 1. The van der Waals surface area contributed by atoms with E-state index < -0.39 is 11.9 Å². The van der Waals surface area contributed by atoms with Gasteiger partial charge in [0, 0.05) is 11.3 Å². The maximum atomic E-state index is 12.4. The number of nitrogens with one attached hydrogen (secondary N) is 2. The van der Waals surface area contributed by atoms with Crippen LogP contribution in [0.15, 0.2) is 59.0 Å². The average molecular weight is 463 g/mol. The van der Waals surface area contributed by atoms with E-state index in [2.05, 4.69) is 10.6 Å². The molecule has 30 heavy (non-hydrogen) atoms. The normalized spacial score (nSPS) is 10.4. The summed E-state index contributed by atoms with van der Waals surface area (Å²) in [5.74, 6) is -0.475. The summed E-state index contributed by atoms with van der Waals surface area (Å²) in [6, 6.07) is 14.8. The van der Waals surface area contributed by atoms with Crippen LogP contribution in [0.25, 0.3) is 11.3 Å². The number of carbonyl (C=O) groups is 2. The second kappa shape index (κ2) is 9.75. The van der Waals surface area contributed by atoms with Gasteiger partial charge >= 0.3 is 5.97 Å². The second-order valence-corrected chi connectivity index (χ2v) is 7.16. The molecule has 6 nitrogen and oxygen atoms in total. The molecular formula is C21H16Cl2N2O4S. The Morgan fingerprint density at radius 3 is 2.50 bits per heavy atom. The Labute approximate surface area is 188 Å². The predicted molar refractivity (Wildman–Crippen MR) is 120 cm³/mol. The molecule has 9 heteroatoms. The predicted octanol–water partition coefficient (Wildman–Crippen LogP) is 5.56. The highest BCUT2D eigenvalue weighted by Crippen LogP contribution is 2.34. The number of thiocarbonyl (C=S) groups is 1. The molecule has 1 heterocycles. The first kappa shape index (κ1) is 21.8. The summed E-state index contributed by atoms with van der Waals surface area (Å²) in [5, 5.41) is 6.19. The van der Waals surface area contributed by atoms with Crippen molar-refractivity contribution < 1.29 is 18.7 Å². The number of rotatable bonds is 5. The molecule has 0 aliphatic carbocycles. The van der Waals surface area contributed by atoms with E-state index >= 15 is 0 Å². The van der Waals surface area contributed by atoms with E-state index in [1.807, 2.05) is 0 Å². The second-order valence-electron chi connectivity index (χ2n) is 5.97. The third kappa shape index (κ3) is 5.18. The number of halogens is 2. The minimum atomic E-state index is -0.528. The Bertz CT molecular complexity index is 1100. The van der Waals surface area contributed by atoms with Crippen molar-refractivity contribution in [3.63, 3.8) is 0 Å². The number of carbonyl (C=O) groups excluding carboxylic acids is 2. The number of hydrogen-bond donors (Lipinski definition) is 2. The fourth-order valence-corrected chi connectivity index (χ4v) is 3.13. The van der Waals surface area contributed by atoms with E-state index in [1.54, 1.807) is 55.5 Å². The van der Waals surface area contributed by atoms with Crippen LogP contribution in [0.1, 0.15) is 27.8 Å². The maximum Gasteiger partial charge on any atom is 0.338 e. The first-order valence-corrected chi connectivity index (χ1v) is 9.99. The van der Waals surface area contributed by atoms with Crippen LogP contribution in [-0.4, -0.2) is 23.6 Å². The van der Waals surface area contributed by atoms with E-state index in [9.17, 15) is 9.59 Å². The number of hydrogen-bond acceptors (Lipinski definition) is 5. The standard InChI is InChI=1S/C21H16Cl2N2O4S/c1-2-28-20(27)12-6-8-13(9-7-12)24-21(30)25-19(26)17-11-10-16(29-17)14-4-3-5-15(22)18(14)23/h3-11H,2H2,1H3,(H2,24,25,26,30). The van der Waals surface area contributed by atoms with Crippen LogP contribution in [0.5, 0.6) is 0 Å². The van der Waals surface area contributed by atoms with Crippen molar-refractivity contribution in [1.82, 2.24) is 5.32 Å². The fraction of sp³-hybridized carbons (Fsp3) is 0.0952. The highest BCUT2D eigenvalue weighted by molar-refractivity contribution is 7.80. The van der Waals surface area contributed by atoms with E-state index in [4.69, 9.17) is 44.6 Å². The molecule has 0 atom stereocenters. The summed E-state index contributed by atoms with van der Waals surface area (Å²) in [5.41, 5.74) is 1.59. The van der Waals surface area contributed by atoms with Gasteiger partial charge in [0.25, 0.3) is 5.91 Å². The van der Waals surface area contributed by atoms with E-state index in [0.717, 1.165) is 0 Å². The van der Waals surface area contributed by atoms with Crippen LogP contribution >= 0.6 is 35.4 Å². The van der Waals surface area contributed by atoms with Crippen molar-refractivity contribution in [3.8, 4) is 11.3 Å². The number of ether oxygens (including phenoxy) is 1. The lowest BCUT2D eigenvalue weighted by atomic mass is 10.2. The van der Waals surface area contributed by atoms with Crippen LogP contribution in [0, 0.1) is 0 Å². The lowest BCUT2D eigenvalue weighted by Crippen LogP contribution is -2.33. The molecule has 2 N–H and O–H groups in total. The quantitative estimate of drug-likeness (QED) is 0.381. The molecule has 1 aromatic heterocycles. The third-order valence-electron chi connectivity index (χ3n) is 3.93. The number of amides is 1. The zero-order valence-electron chi connectivity index (χ0n) is 15.7. The monoisotopic (exact) mass is 462 g/mol. The molecule has 0 unspecified atom stereocenters. The van der Waals surface area contributed by atoms with Gasteiger partial charge in [-0.2, -0.15) is 0 Å². The van der Waals surface area contributed by atoms with Crippen molar-refractivity contribution in [2.45, 2.75) is 6.92 Å². The molecule has 0 fully saturated rings. The molecule has 0 bridgehead atoms. The van der Waals surface area contributed by atoms with Gasteiger partial charge in [0.05, 0.1) is 22.2 Å². The number of esters is 1. The maximum absolute atomic E-state index is 12.4. The zero-order chi connectivity index (χ0) is 21.7. The molecule has 1 amide bonds. The zero-order valence-corrected chi connectivity index (χ0v) is 18.0. The largest absolute Gasteiger partial charge is 0.462 e. The van der Waals surface area contributed by atoms with E-state index in [1.165, 1.54) is 6.07 Å². The summed E-state index contributed by atoms with van der Waals surface area (Å²) in [7, 11) is 0. The Morgan fingerprint density at radius 2 is 1.80 bits per heavy atom. The summed E-state index contributed by atoms with van der Waals surface area (Å²) >= 11 is 17.4. The molecule has 0 radical (unpaired) electrons. The summed E-state index contributed by atoms with van der Waals surface area (Å²) in [4.78, 5) is 24.1. The average Bonchev–Trinajstić information content (AvgIpc) is 3.21. The van der Waals surface area contributed by atoms with Gasteiger partial charge in [-0.15, -0.1) is 0 Å². The highest BCUT2D eigenvalue weighted by atomic mass is 35.5. The molecule has 0 spiro atoms. The van der Waals surface area contributed by atoms with Gasteiger partial charge in [-0.3, -0.25) is 10.1 Å². The summed E-state index contributed by atoms with van der Waals surface area (Å²) in [6.45, 7) is 2.04. The number of benzene rings is 2. The lowest BCUT2D eigenvalue weighted by Gasteiger charge is -2.09. The van der Waals surface area contributed by atoms with Crippen LogP contribution in [0.4, 0.5) is 5.69 Å². The van der Waals surface area contributed by atoms with E-state index in [-0.39, 0.29) is 10.9 Å². The molecular weight excluding hydrogens is 447 g/mol. The minimum Gasteiger partial charge on any atom is -0.462 e. The molecule has 0 saturated heterocycles. The van der Waals surface area contributed by atoms with Gasteiger partial charge in [-0.05, 0) is 67.7 Å². The van der Waals surface area contributed by atoms with Crippen LogP contribution < -0.4 is 10.6 Å². The Kier molecular flexibility index (Phi) is 7.10. The molecule has 0 aliphatic rings. The first-order chi connectivity index (χ1) is 14.4. The summed E-state index contributed by atoms with van der Waals surface area (Å²) < 4.78 is 10.5. The minimum absolute atomic E-state index is 0.0582. The Balaban J connectivity index is 1.62. The molecule has 154 valence electrons. The van der Waals surface area contributed by atoms with Crippen LogP contribution in [0.2, 0.25) is 10.0 Å². The first-order valence-electron chi connectivity index (χ1n) is 8.82. The van der Waals surface area contributed by atoms with Crippen molar-refractivity contribution in [3.05, 3.63) is 76.0 Å². The Morgan fingerprint density at radius 1 is 1.07 bits per heavy atom. The highest BCUT2D eigenvalue weighted by Gasteiger charge is 2.16. The smallest absolute Gasteiger partial charge is 0.338 e. The SMILES string of the molecule is CCOC(=O)c1ccc(NC(=S)NC(=O)c2ccc(-c3cccc(Cl)c3Cl)o2)cc1. The fourth-order valence-electron chi connectivity index (χ4n) is 2.53. The van der Waals surface area contributed by atoms with Crippen molar-refractivity contribution in [1.29, 1.82) is 0 Å². The van der Waals surface area contributed by atoms with Gasteiger partial charge in [-0.1, -0.05) is 29.3 Å². The van der Waals surface area contributed by atoms with Gasteiger partial charge in [0.15, 0.2) is 10.9 Å². The molecule has 0 aliphatic heterocycles. The summed E-state index contributed by atoms with van der Waals surface area (Å²) in [6.07, 6.45) is 0. The molecule has 2 aromatic carbocycles. The third-order valence-corrected chi connectivity index (χ3v) is 4.95. The van der Waals surface area contributed by atoms with E-state index in [0.29, 0.717) is 39.2 Å². The van der Waals surface area contributed by atoms with Crippen LogP contribution in [0.3, 0.4) is 0 Å². The van der Waals surface area contributed by atoms with Crippen molar-refractivity contribution >= 4 is 58.1 Å². The molecule has 3 aromatic rings. The van der Waals surface area contributed by atoms with Gasteiger partial charge in [0.2, 0.25) is 0 Å². The number of furan rings is 1. The topological polar surface area (TPSA) is 80.6 Å².